The molecule has 0 bridgehead atoms. The molecular formula is C8H14O4. The number of methoxy groups -OCH3 is 1. The third kappa shape index (κ3) is 1.57. The summed E-state index contributed by atoms with van der Waals surface area (Å²) in [6.07, 6.45) is 0. The Bertz CT molecular complexity index is 197. The largest absolute Gasteiger partial charge is 0.480 e. The number of ether oxygens (including phenoxy) is 1. The van der Waals surface area contributed by atoms with Crippen molar-refractivity contribution in [2.24, 2.45) is 11.3 Å². The van der Waals surface area contributed by atoms with Gasteiger partial charge in [0.25, 0.3) is 0 Å². The summed E-state index contributed by atoms with van der Waals surface area (Å²) in [5.74, 6) is -2.14. The molecule has 0 aromatic carbocycles. The van der Waals surface area contributed by atoms with E-state index in [1.807, 2.05) is 0 Å². The van der Waals surface area contributed by atoms with Crippen LogP contribution in [-0.4, -0.2) is 24.2 Å². The fraction of sp³-hybridized carbons (Fsp3) is 0.750. The molecule has 0 fully saturated rings. The molecular weight excluding hydrogens is 160 g/mol. The summed E-state index contributed by atoms with van der Waals surface area (Å²) in [5.41, 5.74) is -1.44. The van der Waals surface area contributed by atoms with Crippen LogP contribution in [0.25, 0.3) is 0 Å². The van der Waals surface area contributed by atoms with Crippen LogP contribution in [-0.2, 0) is 14.3 Å². The third-order valence-corrected chi connectivity index (χ3v) is 2.21. The van der Waals surface area contributed by atoms with E-state index >= 15 is 0 Å². The van der Waals surface area contributed by atoms with Crippen LogP contribution in [0.1, 0.15) is 20.8 Å². The molecule has 0 aliphatic rings. The standard InChI is InChI=1S/C8H14O4/c1-5(2)8(3,6(9)10)7(11)12-4/h5H,1-4H3,(H,9,10)/t8-/m1/s1. The summed E-state index contributed by atoms with van der Waals surface area (Å²) in [7, 11) is 1.19. The Morgan fingerprint density at radius 1 is 1.42 bits per heavy atom. The Kier molecular flexibility index (Phi) is 3.24. The number of rotatable bonds is 3. The first kappa shape index (κ1) is 10.9. The molecule has 0 saturated carbocycles. The fourth-order valence-electron chi connectivity index (χ4n) is 0.782. The summed E-state index contributed by atoms with van der Waals surface area (Å²) in [6.45, 7) is 4.71. The van der Waals surface area contributed by atoms with Gasteiger partial charge in [0.05, 0.1) is 7.11 Å². The minimum Gasteiger partial charge on any atom is -0.480 e. The lowest BCUT2D eigenvalue weighted by Crippen LogP contribution is -2.41. The van der Waals surface area contributed by atoms with Crippen molar-refractivity contribution in [3.8, 4) is 0 Å². The Hall–Kier alpha value is -1.06. The zero-order valence-electron chi connectivity index (χ0n) is 7.75. The zero-order chi connectivity index (χ0) is 9.94. The average molecular weight is 174 g/mol. The number of hydrogen-bond acceptors (Lipinski definition) is 3. The van der Waals surface area contributed by atoms with Crippen LogP contribution in [0, 0.1) is 11.3 Å². The van der Waals surface area contributed by atoms with Crippen molar-refractivity contribution < 1.29 is 19.4 Å². The van der Waals surface area contributed by atoms with Crippen molar-refractivity contribution >= 4 is 11.9 Å². The maximum absolute atomic E-state index is 11.1. The molecule has 4 nitrogen and oxygen atoms in total. The van der Waals surface area contributed by atoms with Crippen molar-refractivity contribution in [2.75, 3.05) is 7.11 Å². The highest BCUT2D eigenvalue weighted by molar-refractivity contribution is 5.98. The van der Waals surface area contributed by atoms with Gasteiger partial charge in [-0.05, 0) is 12.8 Å². The monoisotopic (exact) mass is 174 g/mol. The van der Waals surface area contributed by atoms with Crippen molar-refractivity contribution in [3.05, 3.63) is 0 Å². The molecule has 0 radical (unpaired) electrons. The van der Waals surface area contributed by atoms with Crippen LogP contribution in [0.4, 0.5) is 0 Å². The molecule has 0 aromatic heterocycles. The van der Waals surface area contributed by atoms with Gasteiger partial charge in [0.1, 0.15) is 0 Å². The van der Waals surface area contributed by atoms with E-state index < -0.39 is 17.4 Å². The van der Waals surface area contributed by atoms with Gasteiger partial charge in [-0.3, -0.25) is 9.59 Å². The van der Waals surface area contributed by atoms with Gasteiger partial charge in [-0.25, -0.2) is 0 Å². The molecule has 4 heteroatoms. The van der Waals surface area contributed by atoms with Crippen LogP contribution in [0.3, 0.4) is 0 Å². The van der Waals surface area contributed by atoms with E-state index in [2.05, 4.69) is 4.74 Å². The Morgan fingerprint density at radius 3 is 1.92 bits per heavy atom. The quantitative estimate of drug-likeness (QED) is 0.510. The van der Waals surface area contributed by atoms with Gasteiger partial charge in [0, 0.05) is 0 Å². The van der Waals surface area contributed by atoms with Gasteiger partial charge in [-0.2, -0.15) is 0 Å². The second-order valence-electron chi connectivity index (χ2n) is 3.15. The maximum Gasteiger partial charge on any atom is 0.323 e. The molecule has 0 aliphatic carbocycles. The number of hydrogen-bond donors (Lipinski definition) is 1. The SMILES string of the molecule is COC(=O)[C@@](C)(C(=O)O)C(C)C. The van der Waals surface area contributed by atoms with Crippen LogP contribution in [0.2, 0.25) is 0 Å². The molecule has 1 atom stereocenters. The van der Waals surface area contributed by atoms with Gasteiger partial charge in [0.2, 0.25) is 0 Å². The van der Waals surface area contributed by atoms with Crippen LogP contribution < -0.4 is 0 Å². The Morgan fingerprint density at radius 2 is 1.83 bits per heavy atom. The predicted molar refractivity (Wildman–Crippen MR) is 42.6 cm³/mol. The van der Waals surface area contributed by atoms with E-state index in [1.165, 1.54) is 14.0 Å². The Balaban J connectivity index is 4.87. The highest BCUT2D eigenvalue weighted by Gasteiger charge is 2.45. The predicted octanol–water partition coefficient (Wildman–Crippen LogP) is 0.906. The lowest BCUT2D eigenvalue weighted by molar-refractivity contribution is -0.168. The highest BCUT2D eigenvalue weighted by atomic mass is 16.5. The van der Waals surface area contributed by atoms with E-state index in [4.69, 9.17) is 5.11 Å². The zero-order valence-corrected chi connectivity index (χ0v) is 7.75. The maximum atomic E-state index is 11.1. The molecule has 12 heavy (non-hydrogen) atoms. The summed E-state index contributed by atoms with van der Waals surface area (Å²) in [5, 5.41) is 8.80. The number of carboxylic acids is 1. The van der Waals surface area contributed by atoms with Crippen molar-refractivity contribution in [1.29, 1.82) is 0 Å². The molecule has 70 valence electrons. The van der Waals surface area contributed by atoms with Gasteiger partial charge >= 0.3 is 11.9 Å². The average Bonchev–Trinajstić information content (AvgIpc) is 2.00. The smallest absolute Gasteiger partial charge is 0.323 e. The Labute approximate surface area is 71.5 Å². The van der Waals surface area contributed by atoms with Gasteiger partial charge < -0.3 is 9.84 Å². The van der Waals surface area contributed by atoms with Gasteiger partial charge in [0.15, 0.2) is 5.41 Å². The number of carboxylic acid groups (broad SMARTS) is 1. The van der Waals surface area contributed by atoms with Gasteiger partial charge in [-0.1, -0.05) is 13.8 Å². The van der Waals surface area contributed by atoms with E-state index in [1.54, 1.807) is 13.8 Å². The van der Waals surface area contributed by atoms with E-state index in [9.17, 15) is 9.59 Å². The first-order valence-corrected chi connectivity index (χ1v) is 3.69. The number of carbonyl (C=O) groups excluding carboxylic acids is 1. The summed E-state index contributed by atoms with van der Waals surface area (Å²) in [4.78, 5) is 21.9. The van der Waals surface area contributed by atoms with E-state index in [-0.39, 0.29) is 5.92 Å². The van der Waals surface area contributed by atoms with Crippen molar-refractivity contribution in [2.45, 2.75) is 20.8 Å². The summed E-state index contributed by atoms with van der Waals surface area (Å²) < 4.78 is 4.42. The van der Waals surface area contributed by atoms with E-state index in [0.29, 0.717) is 0 Å². The normalized spacial score (nSPS) is 15.4. The molecule has 0 spiro atoms. The van der Waals surface area contributed by atoms with Crippen LogP contribution in [0.15, 0.2) is 0 Å². The molecule has 0 aromatic rings. The van der Waals surface area contributed by atoms with Crippen molar-refractivity contribution in [3.63, 3.8) is 0 Å². The number of aliphatic carboxylic acids is 1. The van der Waals surface area contributed by atoms with E-state index in [0.717, 1.165) is 0 Å². The summed E-state index contributed by atoms with van der Waals surface area (Å²) >= 11 is 0. The van der Waals surface area contributed by atoms with Crippen LogP contribution in [0.5, 0.6) is 0 Å². The second kappa shape index (κ2) is 3.56. The van der Waals surface area contributed by atoms with Gasteiger partial charge in [-0.15, -0.1) is 0 Å². The first-order valence-electron chi connectivity index (χ1n) is 3.69. The second-order valence-corrected chi connectivity index (χ2v) is 3.15. The lowest BCUT2D eigenvalue weighted by atomic mass is 9.79. The molecule has 0 aliphatic heterocycles. The highest BCUT2D eigenvalue weighted by Crippen LogP contribution is 2.28. The van der Waals surface area contributed by atoms with Crippen LogP contribution >= 0.6 is 0 Å². The molecule has 0 rings (SSSR count). The third-order valence-electron chi connectivity index (χ3n) is 2.21. The van der Waals surface area contributed by atoms with Crippen molar-refractivity contribution in [1.82, 2.24) is 0 Å². The lowest BCUT2D eigenvalue weighted by Gasteiger charge is -2.25. The molecule has 1 N–H and O–H groups in total. The molecule has 0 saturated heterocycles. The molecule has 0 unspecified atom stereocenters. The molecule has 0 amide bonds. The number of carbonyl (C=O) groups is 2. The first-order chi connectivity index (χ1) is 5.37. The minimum atomic E-state index is -1.44. The fourth-order valence-corrected chi connectivity index (χ4v) is 0.782. The summed E-state index contributed by atoms with van der Waals surface area (Å²) in [6, 6.07) is 0. The topological polar surface area (TPSA) is 63.6 Å². The minimum absolute atomic E-state index is 0.289. The number of esters is 1. The molecule has 0 heterocycles.